The van der Waals surface area contributed by atoms with Gasteiger partial charge in [-0.25, -0.2) is 23.1 Å². The fraction of sp³-hybridized carbons (Fsp3) is 0.381. The van der Waals surface area contributed by atoms with E-state index in [9.17, 15) is 36.2 Å². The first kappa shape index (κ1) is 23.0. The smallest absolute Gasteiger partial charge is 0.369 e. The maximum atomic E-state index is 14.6. The van der Waals surface area contributed by atoms with E-state index in [1.54, 1.807) is 0 Å². The Morgan fingerprint density at radius 2 is 1.85 bits per heavy atom. The van der Waals surface area contributed by atoms with Gasteiger partial charge in [-0.3, -0.25) is 9.36 Å². The number of aliphatic hydroxyl groups is 1. The number of pyridine rings is 1. The number of hydrogen-bond acceptors (Lipinski definition) is 5. The molecule has 0 aliphatic heterocycles. The van der Waals surface area contributed by atoms with Crippen molar-refractivity contribution in [3.05, 3.63) is 63.6 Å². The topological polar surface area (TPSA) is 80.0 Å². The summed E-state index contributed by atoms with van der Waals surface area (Å²) in [5, 5.41) is 12.9. The average molecular weight is 472 g/mol. The van der Waals surface area contributed by atoms with E-state index in [4.69, 9.17) is 0 Å². The number of nitrogens with one attached hydrogen (secondary N) is 1. The molecule has 1 aliphatic rings. The Hall–Kier alpha value is -3.15. The number of nitrogens with zero attached hydrogens (tertiary/aromatic N) is 3. The molecule has 0 saturated heterocycles. The second-order valence-corrected chi connectivity index (χ2v) is 8.07. The second kappa shape index (κ2) is 7.44. The molecule has 1 atom stereocenters. The van der Waals surface area contributed by atoms with E-state index < -0.39 is 46.4 Å². The molecule has 3 aromatic rings. The average Bonchev–Trinajstić information content (AvgIpc) is 3.48. The van der Waals surface area contributed by atoms with Gasteiger partial charge in [0.1, 0.15) is 23.0 Å². The molecule has 1 saturated carbocycles. The zero-order chi connectivity index (χ0) is 24.3. The van der Waals surface area contributed by atoms with Gasteiger partial charge in [-0.15, -0.1) is 0 Å². The highest BCUT2D eigenvalue weighted by Crippen LogP contribution is 2.54. The molecule has 1 aliphatic carbocycles. The van der Waals surface area contributed by atoms with E-state index in [1.807, 2.05) is 0 Å². The number of fused-ring (bicyclic) bond motifs is 1. The first-order valence-corrected chi connectivity index (χ1v) is 9.84. The Bertz CT molecular complexity index is 1290. The second-order valence-electron chi connectivity index (χ2n) is 8.07. The summed E-state index contributed by atoms with van der Waals surface area (Å²) in [5.41, 5.74) is -4.69. The van der Waals surface area contributed by atoms with Gasteiger partial charge in [0.25, 0.3) is 11.5 Å². The van der Waals surface area contributed by atoms with Crippen LogP contribution in [0.4, 0.5) is 32.2 Å². The zero-order valence-electron chi connectivity index (χ0n) is 17.3. The lowest BCUT2D eigenvalue weighted by atomic mass is 10.0. The number of halogens is 6. The maximum absolute atomic E-state index is 14.6. The van der Waals surface area contributed by atoms with E-state index >= 15 is 0 Å². The molecule has 1 aromatic carbocycles. The van der Waals surface area contributed by atoms with Crippen molar-refractivity contribution in [2.24, 2.45) is 0 Å². The molecule has 0 amide bonds. The Kier molecular flexibility index (Phi) is 5.19. The van der Waals surface area contributed by atoms with Crippen LogP contribution in [0.25, 0.3) is 10.9 Å². The van der Waals surface area contributed by atoms with Gasteiger partial charge in [-0.2, -0.15) is 13.2 Å². The van der Waals surface area contributed by atoms with Crippen molar-refractivity contribution < 1.29 is 31.4 Å². The fourth-order valence-corrected chi connectivity index (χ4v) is 3.75. The van der Waals surface area contributed by atoms with Crippen molar-refractivity contribution in [3.63, 3.8) is 0 Å². The number of benzene rings is 1. The Morgan fingerprint density at radius 3 is 2.42 bits per heavy atom. The normalized spacial score (nSPS) is 16.6. The number of alkyl halides is 5. The van der Waals surface area contributed by atoms with Crippen LogP contribution in [0.2, 0.25) is 0 Å². The summed E-state index contributed by atoms with van der Waals surface area (Å²) in [6, 6.07) is 4.02. The summed E-state index contributed by atoms with van der Waals surface area (Å²) >= 11 is 0. The van der Waals surface area contributed by atoms with E-state index in [0.717, 1.165) is 30.5 Å². The highest BCUT2D eigenvalue weighted by Gasteiger charge is 2.65. The lowest BCUT2D eigenvalue weighted by molar-refractivity contribution is -0.180. The first-order valence-electron chi connectivity index (χ1n) is 9.84. The van der Waals surface area contributed by atoms with Crippen LogP contribution in [-0.4, -0.2) is 25.8 Å². The van der Waals surface area contributed by atoms with Crippen LogP contribution in [-0.2, 0) is 11.5 Å². The molecule has 6 nitrogen and oxygen atoms in total. The highest BCUT2D eigenvalue weighted by atomic mass is 19.4. The lowest BCUT2D eigenvalue weighted by Gasteiger charge is -2.23. The SMILES string of the molecule is Cc1nc(NC(O)c2cccc(C(C)(F)F)c2F)c2cn(C3(C(F)(F)F)CC3)c(=O)cc2n1. The van der Waals surface area contributed by atoms with Gasteiger partial charge in [-0.05, 0) is 19.8 Å². The maximum Gasteiger partial charge on any atom is 0.412 e. The van der Waals surface area contributed by atoms with E-state index in [1.165, 1.54) is 6.92 Å². The van der Waals surface area contributed by atoms with Crippen molar-refractivity contribution in [1.82, 2.24) is 14.5 Å². The summed E-state index contributed by atoms with van der Waals surface area (Å²) in [7, 11) is 0. The molecule has 2 N–H and O–H groups in total. The van der Waals surface area contributed by atoms with Crippen LogP contribution in [0.3, 0.4) is 0 Å². The fourth-order valence-electron chi connectivity index (χ4n) is 3.75. The quantitative estimate of drug-likeness (QED) is 0.422. The molecule has 0 spiro atoms. The van der Waals surface area contributed by atoms with Gasteiger partial charge in [0.05, 0.1) is 16.5 Å². The summed E-state index contributed by atoms with van der Waals surface area (Å²) in [6.07, 6.45) is -6.15. The number of rotatable bonds is 5. The molecule has 0 radical (unpaired) electrons. The van der Waals surface area contributed by atoms with Crippen molar-refractivity contribution in [2.45, 2.75) is 50.6 Å². The van der Waals surface area contributed by atoms with Crippen LogP contribution in [0.1, 0.15) is 42.9 Å². The predicted molar refractivity (Wildman–Crippen MR) is 106 cm³/mol. The third-order valence-electron chi connectivity index (χ3n) is 5.62. The Labute approximate surface area is 182 Å². The van der Waals surface area contributed by atoms with Gasteiger partial charge < -0.3 is 10.4 Å². The number of hydrogen-bond donors (Lipinski definition) is 2. The summed E-state index contributed by atoms with van der Waals surface area (Å²) in [5.74, 6) is -4.93. The molecular formula is C21H18F6N4O2. The molecule has 2 aromatic heterocycles. The lowest BCUT2D eigenvalue weighted by Crippen LogP contribution is -2.41. The number of aliphatic hydroxyl groups excluding tert-OH is 1. The van der Waals surface area contributed by atoms with Gasteiger partial charge in [-0.1, -0.05) is 18.2 Å². The third-order valence-corrected chi connectivity index (χ3v) is 5.62. The van der Waals surface area contributed by atoms with Gasteiger partial charge in [0.15, 0.2) is 6.23 Å². The summed E-state index contributed by atoms with van der Waals surface area (Å²) in [4.78, 5) is 20.5. The van der Waals surface area contributed by atoms with Crippen LogP contribution >= 0.6 is 0 Å². The summed E-state index contributed by atoms with van der Waals surface area (Å²) in [6.45, 7) is 1.95. The number of aromatic nitrogens is 3. The van der Waals surface area contributed by atoms with E-state index in [0.29, 0.717) is 11.5 Å². The number of anilines is 1. The first-order chi connectivity index (χ1) is 15.2. The number of aryl methyl sites for hydroxylation is 1. The van der Waals surface area contributed by atoms with Crippen LogP contribution in [0, 0.1) is 12.7 Å². The van der Waals surface area contributed by atoms with Crippen LogP contribution in [0.5, 0.6) is 0 Å². The van der Waals surface area contributed by atoms with E-state index in [2.05, 4.69) is 15.3 Å². The highest BCUT2D eigenvalue weighted by molar-refractivity contribution is 5.88. The zero-order valence-corrected chi connectivity index (χ0v) is 17.3. The summed E-state index contributed by atoms with van der Waals surface area (Å²) < 4.78 is 83.3. The standard InChI is InChI=1S/C21H18F6N4O2/c1-10-28-14-8-15(32)31(20(6-7-20)21(25,26)27)9-12(14)17(29-10)30-18(33)11-4-3-5-13(16(11)22)19(2,23)24/h3-5,8-9,18,33H,6-7H2,1-2H3,(H,28,29,30). The molecule has 2 heterocycles. The minimum atomic E-state index is -4.67. The minimum absolute atomic E-state index is 0.00531. The molecular weight excluding hydrogens is 454 g/mol. The monoisotopic (exact) mass is 472 g/mol. The van der Waals surface area contributed by atoms with Gasteiger partial charge in [0, 0.05) is 24.8 Å². The van der Waals surface area contributed by atoms with Crippen molar-refractivity contribution in [3.8, 4) is 0 Å². The molecule has 12 heteroatoms. The molecule has 1 unspecified atom stereocenters. The minimum Gasteiger partial charge on any atom is -0.369 e. The molecule has 33 heavy (non-hydrogen) atoms. The van der Waals surface area contributed by atoms with Crippen molar-refractivity contribution in [2.75, 3.05) is 5.32 Å². The van der Waals surface area contributed by atoms with Crippen molar-refractivity contribution in [1.29, 1.82) is 0 Å². The molecule has 0 bridgehead atoms. The predicted octanol–water partition coefficient (Wildman–Crippen LogP) is 4.51. The Balaban J connectivity index is 1.81. The third kappa shape index (κ3) is 3.92. The van der Waals surface area contributed by atoms with Crippen LogP contribution < -0.4 is 10.9 Å². The Morgan fingerprint density at radius 1 is 1.18 bits per heavy atom. The molecule has 176 valence electrons. The van der Waals surface area contributed by atoms with Crippen LogP contribution in [0.15, 0.2) is 35.3 Å². The molecule has 4 rings (SSSR count). The molecule has 1 fully saturated rings. The largest absolute Gasteiger partial charge is 0.412 e. The van der Waals surface area contributed by atoms with Gasteiger partial charge >= 0.3 is 6.18 Å². The van der Waals surface area contributed by atoms with Gasteiger partial charge in [0.2, 0.25) is 0 Å². The van der Waals surface area contributed by atoms with Crippen molar-refractivity contribution >= 4 is 16.7 Å². The van der Waals surface area contributed by atoms with E-state index in [-0.39, 0.29) is 35.4 Å².